The first-order chi connectivity index (χ1) is 11.3. The van der Waals surface area contributed by atoms with Gasteiger partial charge in [0.1, 0.15) is 16.9 Å². The molecule has 0 N–H and O–H groups in total. The molecule has 0 bridgehead atoms. The van der Waals surface area contributed by atoms with E-state index in [0.29, 0.717) is 22.8 Å². The van der Waals surface area contributed by atoms with E-state index in [0.717, 1.165) is 16.4 Å². The van der Waals surface area contributed by atoms with Crippen LogP contribution in [0.5, 0.6) is 17.2 Å². The van der Waals surface area contributed by atoms with Gasteiger partial charge in [0.2, 0.25) is 0 Å². The zero-order valence-corrected chi connectivity index (χ0v) is 13.3. The molecule has 3 aromatic rings. The molecule has 0 unspecified atom stereocenters. The topological polar surface area (TPSA) is 59.3 Å². The van der Waals surface area contributed by atoms with E-state index in [2.05, 4.69) is 0 Å². The van der Waals surface area contributed by atoms with E-state index in [9.17, 15) is 0 Å². The van der Waals surface area contributed by atoms with E-state index in [1.807, 2.05) is 24.3 Å². The maximum Gasteiger partial charge on any atom is 0.188 e. The van der Waals surface area contributed by atoms with E-state index in [4.69, 9.17) is 28.1 Å². The molecular formula is C17H18O6. The summed E-state index contributed by atoms with van der Waals surface area (Å²) >= 11 is 0. The van der Waals surface area contributed by atoms with Gasteiger partial charge in [0.25, 0.3) is 0 Å². The highest BCUT2D eigenvalue weighted by atomic mass is 16.7. The summed E-state index contributed by atoms with van der Waals surface area (Å²) in [5.41, 5.74) is 1.46. The molecule has 0 radical (unpaired) electrons. The van der Waals surface area contributed by atoms with Gasteiger partial charge in [-0.15, -0.1) is 0 Å². The SMILES string of the molecule is COCOc1ccc2oc3ccc(OCOC)c(OC)c3c2c1. The smallest absolute Gasteiger partial charge is 0.188 e. The van der Waals surface area contributed by atoms with Crippen molar-refractivity contribution in [3.63, 3.8) is 0 Å². The first-order valence-corrected chi connectivity index (χ1v) is 7.05. The Morgan fingerprint density at radius 3 is 2.35 bits per heavy atom. The maximum atomic E-state index is 5.86. The van der Waals surface area contributed by atoms with Gasteiger partial charge in [0.05, 0.1) is 12.5 Å². The molecule has 0 aliphatic rings. The van der Waals surface area contributed by atoms with Crippen LogP contribution in [0.1, 0.15) is 0 Å². The Morgan fingerprint density at radius 1 is 0.870 bits per heavy atom. The molecule has 6 nitrogen and oxygen atoms in total. The second-order valence-corrected chi connectivity index (χ2v) is 4.83. The van der Waals surface area contributed by atoms with Gasteiger partial charge in [-0.3, -0.25) is 0 Å². The van der Waals surface area contributed by atoms with Crippen LogP contribution < -0.4 is 14.2 Å². The van der Waals surface area contributed by atoms with Gasteiger partial charge in [-0.1, -0.05) is 0 Å². The number of benzene rings is 2. The lowest BCUT2D eigenvalue weighted by Gasteiger charge is -2.10. The molecule has 3 rings (SSSR count). The molecule has 0 saturated carbocycles. The van der Waals surface area contributed by atoms with Crippen LogP contribution >= 0.6 is 0 Å². The second-order valence-electron chi connectivity index (χ2n) is 4.83. The van der Waals surface area contributed by atoms with E-state index >= 15 is 0 Å². The lowest BCUT2D eigenvalue weighted by atomic mass is 10.1. The number of fused-ring (bicyclic) bond motifs is 3. The largest absolute Gasteiger partial charge is 0.492 e. The summed E-state index contributed by atoms with van der Waals surface area (Å²) in [6.45, 7) is 0.320. The van der Waals surface area contributed by atoms with Crippen molar-refractivity contribution >= 4 is 21.9 Å². The average Bonchev–Trinajstić information content (AvgIpc) is 2.95. The molecule has 0 amide bonds. The van der Waals surface area contributed by atoms with Crippen LogP contribution in [-0.2, 0) is 9.47 Å². The Kier molecular flexibility index (Phi) is 4.55. The number of methoxy groups -OCH3 is 3. The standard InChI is InChI=1S/C17H18O6/c1-18-9-21-11-4-5-13-12(8-11)16-14(23-13)6-7-15(17(16)20-3)22-10-19-2/h4-8H,9-10H2,1-3H3. The van der Waals surface area contributed by atoms with E-state index < -0.39 is 0 Å². The lowest BCUT2D eigenvalue weighted by Crippen LogP contribution is -2.00. The predicted octanol–water partition coefficient (Wildman–Crippen LogP) is 3.56. The Balaban J connectivity index is 2.15. The third kappa shape index (κ3) is 2.91. The highest BCUT2D eigenvalue weighted by molar-refractivity contribution is 6.09. The summed E-state index contributed by atoms with van der Waals surface area (Å²) in [6, 6.07) is 9.22. The molecular weight excluding hydrogens is 300 g/mol. The van der Waals surface area contributed by atoms with Crippen LogP contribution in [0, 0.1) is 0 Å². The van der Waals surface area contributed by atoms with Gasteiger partial charge in [-0.25, -0.2) is 0 Å². The molecule has 0 spiro atoms. The first kappa shape index (κ1) is 15.5. The Labute approximate surface area is 133 Å². The van der Waals surface area contributed by atoms with Crippen LogP contribution in [0.25, 0.3) is 21.9 Å². The zero-order valence-electron chi connectivity index (χ0n) is 13.3. The van der Waals surface area contributed by atoms with Gasteiger partial charge in [0.15, 0.2) is 25.1 Å². The van der Waals surface area contributed by atoms with Gasteiger partial charge < -0.3 is 28.1 Å². The summed E-state index contributed by atoms with van der Waals surface area (Å²) in [5.74, 6) is 1.88. The molecule has 122 valence electrons. The minimum atomic E-state index is 0.139. The van der Waals surface area contributed by atoms with Crippen molar-refractivity contribution in [2.75, 3.05) is 34.9 Å². The fourth-order valence-corrected chi connectivity index (χ4v) is 2.45. The van der Waals surface area contributed by atoms with Crippen molar-refractivity contribution in [3.8, 4) is 17.2 Å². The Hall–Kier alpha value is -2.44. The Morgan fingerprint density at radius 2 is 1.61 bits per heavy atom. The molecule has 0 fully saturated rings. The molecule has 2 aromatic carbocycles. The van der Waals surface area contributed by atoms with Crippen LogP contribution in [0.4, 0.5) is 0 Å². The fourth-order valence-electron chi connectivity index (χ4n) is 2.45. The van der Waals surface area contributed by atoms with E-state index in [1.165, 1.54) is 0 Å². The highest BCUT2D eigenvalue weighted by Gasteiger charge is 2.17. The van der Waals surface area contributed by atoms with E-state index in [1.54, 1.807) is 27.4 Å². The minimum Gasteiger partial charge on any atom is -0.492 e. The highest BCUT2D eigenvalue weighted by Crippen LogP contribution is 2.42. The number of furan rings is 1. The monoisotopic (exact) mass is 318 g/mol. The van der Waals surface area contributed by atoms with Crippen LogP contribution in [0.2, 0.25) is 0 Å². The minimum absolute atomic E-state index is 0.139. The van der Waals surface area contributed by atoms with Crippen molar-refractivity contribution in [1.29, 1.82) is 0 Å². The van der Waals surface area contributed by atoms with Gasteiger partial charge in [0, 0.05) is 19.6 Å². The van der Waals surface area contributed by atoms with Crippen molar-refractivity contribution in [3.05, 3.63) is 30.3 Å². The van der Waals surface area contributed by atoms with E-state index in [-0.39, 0.29) is 13.6 Å². The summed E-state index contributed by atoms with van der Waals surface area (Å²) in [5, 5.41) is 1.72. The van der Waals surface area contributed by atoms with Crippen LogP contribution in [0.15, 0.2) is 34.7 Å². The summed E-state index contributed by atoms with van der Waals surface area (Å²) in [6.07, 6.45) is 0. The summed E-state index contributed by atoms with van der Waals surface area (Å²) in [7, 11) is 4.74. The number of hydrogen-bond donors (Lipinski definition) is 0. The molecule has 23 heavy (non-hydrogen) atoms. The number of ether oxygens (including phenoxy) is 5. The molecule has 1 aromatic heterocycles. The van der Waals surface area contributed by atoms with Crippen LogP contribution in [0.3, 0.4) is 0 Å². The zero-order chi connectivity index (χ0) is 16.2. The fraction of sp³-hybridized carbons (Fsp3) is 0.294. The maximum absolute atomic E-state index is 5.86. The van der Waals surface area contributed by atoms with Crippen molar-refractivity contribution in [2.24, 2.45) is 0 Å². The molecule has 0 atom stereocenters. The summed E-state index contributed by atoms with van der Waals surface area (Å²) < 4.78 is 32.3. The van der Waals surface area contributed by atoms with Crippen molar-refractivity contribution < 1.29 is 28.1 Å². The second kappa shape index (κ2) is 6.76. The van der Waals surface area contributed by atoms with Crippen molar-refractivity contribution in [1.82, 2.24) is 0 Å². The van der Waals surface area contributed by atoms with Crippen molar-refractivity contribution in [2.45, 2.75) is 0 Å². The third-order valence-electron chi connectivity index (χ3n) is 3.40. The van der Waals surface area contributed by atoms with Gasteiger partial charge in [-0.05, 0) is 30.3 Å². The molecule has 1 heterocycles. The first-order valence-electron chi connectivity index (χ1n) is 7.05. The quantitative estimate of drug-likeness (QED) is 0.621. The molecule has 0 saturated heterocycles. The molecule has 0 aliphatic carbocycles. The lowest BCUT2D eigenvalue weighted by molar-refractivity contribution is 0.0493. The Bertz CT molecular complexity index is 808. The summed E-state index contributed by atoms with van der Waals surface area (Å²) in [4.78, 5) is 0. The van der Waals surface area contributed by atoms with Gasteiger partial charge in [-0.2, -0.15) is 0 Å². The predicted molar refractivity (Wildman–Crippen MR) is 85.3 cm³/mol. The average molecular weight is 318 g/mol. The van der Waals surface area contributed by atoms with Crippen LogP contribution in [-0.4, -0.2) is 34.9 Å². The normalized spacial score (nSPS) is 11.1. The van der Waals surface area contributed by atoms with Gasteiger partial charge >= 0.3 is 0 Å². The number of hydrogen-bond acceptors (Lipinski definition) is 6. The number of rotatable bonds is 7. The molecule has 6 heteroatoms. The molecule has 0 aliphatic heterocycles. The third-order valence-corrected chi connectivity index (χ3v) is 3.40.